The van der Waals surface area contributed by atoms with Crippen LogP contribution in [0.1, 0.15) is 11.3 Å². The molecule has 0 saturated carbocycles. The number of nitrogens with one attached hydrogen (secondary N) is 3. The van der Waals surface area contributed by atoms with Gasteiger partial charge in [-0.15, -0.1) is 0 Å². The Labute approximate surface area is 117 Å². The number of aromatic amines is 2. The highest BCUT2D eigenvalue weighted by Crippen LogP contribution is 2.09. The van der Waals surface area contributed by atoms with Crippen molar-refractivity contribution in [1.29, 1.82) is 0 Å². The molecule has 1 aromatic carbocycles. The summed E-state index contributed by atoms with van der Waals surface area (Å²) >= 11 is 3.34. The summed E-state index contributed by atoms with van der Waals surface area (Å²) in [5.74, 6) is -0.304. The zero-order valence-corrected chi connectivity index (χ0v) is 11.4. The molecule has 1 aromatic heterocycles. The summed E-state index contributed by atoms with van der Waals surface area (Å²) in [6.07, 6.45) is 1.61. The Bertz CT molecular complexity index is 659. The van der Waals surface area contributed by atoms with Gasteiger partial charge >= 0.3 is 0 Å². The number of H-pyrrole nitrogens is 2. The van der Waals surface area contributed by atoms with E-state index in [0.29, 0.717) is 5.69 Å². The maximum atomic E-state index is 11.5. The van der Waals surface area contributed by atoms with E-state index in [4.69, 9.17) is 0 Å². The number of hydrazone groups is 1. The molecule has 0 bridgehead atoms. The lowest BCUT2D eigenvalue weighted by Gasteiger charge is -1.97. The van der Waals surface area contributed by atoms with Crippen LogP contribution in [0.3, 0.4) is 0 Å². The quantitative estimate of drug-likeness (QED) is 0.582. The van der Waals surface area contributed by atoms with Crippen LogP contribution in [0.2, 0.25) is 0 Å². The predicted molar refractivity (Wildman–Crippen MR) is 75.0 cm³/mol. The number of benzene rings is 1. The van der Waals surface area contributed by atoms with E-state index >= 15 is 0 Å². The van der Waals surface area contributed by atoms with Gasteiger partial charge in [0.1, 0.15) is 0 Å². The molecule has 7 heteroatoms. The Kier molecular flexibility index (Phi) is 4.30. The van der Waals surface area contributed by atoms with Crippen LogP contribution in [0, 0.1) is 0 Å². The summed E-state index contributed by atoms with van der Waals surface area (Å²) in [7, 11) is 0. The SMILES string of the molecule is O=C(Cc1cc(=O)[nH][nH]1)NN=Cc1cccc(Br)c1. The first-order chi connectivity index (χ1) is 9.13. The molecule has 2 rings (SSSR count). The molecule has 1 amide bonds. The molecule has 0 fully saturated rings. The number of amides is 1. The highest BCUT2D eigenvalue weighted by Gasteiger charge is 2.03. The fraction of sp³-hybridized carbons (Fsp3) is 0.0833. The molecule has 6 nitrogen and oxygen atoms in total. The van der Waals surface area contributed by atoms with E-state index in [1.165, 1.54) is 6.07 Å². The van der Waals surface area contributed by atoms with Gasteiger partial charge in [0.25, 0.3) is 5.56 Å². The summed E-state index contributed by atoms with van der Waals surface area (Å²) in [4.78, 5) is 22.4. The zero-order chi connectivity index (χ0) is 13.7. The Balaban J connectivity index is 1.88. The van der Waals surface area contributed by atoms with E-state index < -0.39 is 0 Å². The van der Waals surface area contributed by atoms with Gasteiger partial charge < -0.3 is 5.10 Å². The van der Waals surface area contributed by atoms with Crippen LogP contribution in [0.25, 0.3) is 0 Å². The van der Waals surface area contributed by atoms with Crippen molar-refractivity contribution in [3.05, 3.63) is 56.4 Å². The van der Waals surface area contributed by atoms with Crippen molar-refractivity contribution >= 4 is 28.1 Å². The summed E-state index contributed by atoms with van der Waals surface area (Å²) in [6.45, 7) is 0. The number of hydrogen-bond donors (Lipinski definition) is 3. The van der Waals surface area contributed by atoms with Gasteiger partial charge in [0.05, 0.1) is 12.6 Å². The molecule has 0 radical (unpaired) electrons. The Morgan fingerprint density at radius 1 is 1.37 bits per heavy atom. The third kappa shape index (κ3) is 4.22. The first kappa shape index (κ1) is 13.3. The van der Waals surface area contributed by atoms with Crippen LogP contribution in [-0.2, 0) is 11.2 Å². The molecule has 0 aliphatic heterocycles. The van der Waals surface area contributed by atoms with Crippen molar-refractivity contribution in [3.8, 4) is 0 Å². The molecule has 0 saturated heterocycles. The second kappa shape index (κ2) is 6.14. The van der Waals surface area contributed by atoms with E-state index in [1.54, 1.807) is 6.21 Å². The largest absolute Gasteiger partial charge is 0.302 e. The highest BCUT2D eigenvalue weighted by atomic mass is 79.9. The molecule has 0 spiro atoms. The van der Waals surface area contributed by atoms with Crippen molar-refractivity contribution in [1.82, 2.24) is 15.6 Å². The van der Waals surface area contributed by atoms with Gasteiger partial charge in [-0.1, -0.05) is 28.1 Å². The van der Waals surface area contributed by atoms with E-state index in [9.17, 15) is 9.59 Å². The summed E-state index contributed by atoms with van der Waals surface area (Å²) in [5, 5.41) is 8.79. The molecule has 0 aliphatic carbocycles. The Morgan fingerprint density at radius 3 is 2.89 bits per heavy atom. The van der Waals surface area contributed by atoms with Gasteiger partial charge in [-0.2, -0.15) is 5.10 Å². The fourth-order valence-corrected chi connectivity index (χ4v) is 1.86. The van der Waals surface area contributed by atoms with Crippen LogP contribution in [0.5, 0.6) is 0 Å². The summed E-state index contributed by atoms with van der Waals surface area (Å²) in [6, 6.07) is 8.84. The van der Waals surface area contributed by atoms with Gasteiger partial charge in [0.2, 0.25) is 5.91 Å². The molecular formula is C12H11BrN4O2. The van der Waals surface area contributed by atoms with Gasteiger partial charge in [-0.05, 0) is 17.7 Å². The maximum absolute atomic E-state index is 11.5. The molecule has 1 heterocycles. The molecule has 3 N–H and O–H groups in total. The number of carbonyl (C=O) groups excluding carboxylic acids is 1. The average Bonchev–Trinajstić information content (AvgIpc) is 2.75. The lowest BCUT2D eigenvalue weighted by molar-refractivity contribution is -0.120. The minimum Gasteiger partial charge on any atom is -0.302 e. The number of halogens is 1. The topological polar surface area (TPSA) is 90.1 Å². The van der Waals surface area contributed by atoms with Crippen LogP contribution in [0.15, 0.2) is 44.7 Å². The number of hydrogen-bond acceptors (Lipinski definition) is 3. The van der Waals surface area contributed by atoms with Crippen LogP contribution in [0.4, 0.5) is 0 Å². The standard InChI is InChI=1S/C12H11BrN4O2/c13-9-3-1-2-8(4-9)7-14-16-11(18)5-10-6-12(19)17-15-10/h1-4,6-7H,5H2,(H,16,18)(H2,15,17,19). The molecular weight excluding hydrogens is 312 g/mol. The normalized spacial score (nSPS) is 10.8. The third-order valence-corrected chi connectivity index (χ3v) is 2.75. The van der Waals surface area contributed by atoms with Gasteiger partial charge in [-0.3, -0.25) is 14.7 Å². The van der Waals surface area contributed by atoms with Gasteiger partial charge in [0, 0.05) is 16.2 Å². The van der Waals surface area contributed by atoms with Crippen molar-refractivity contribution in [2.45, 2.75) is 6.42 Å². The first-order valence-electron chi connectivity index (χ1n) is 5.47. The molecule has 19 heavy (non-hydrogen) atoms. The van der Waals surface area contributed by atoms with Crippen LogP contribution < -0.4 is 11.0 Å². The second-order valence-corrected chi connectivity index (χ2v) is 4.72. The molecule has 98 valence electrons. The minimum absolute atomic E-state index is 0.0641. The minimum atomic E-state index is -0.304. The van der Waals surface area contributed by atoms with Crippen LogP contribution >= 0.6 is 15.9 Å². The van der Waals surface area contributed by atoms with Crippen molar-refractivity contribution < 1.29 is 4.79 Å². The highest BCUT2D eigenvalue weighted by molar-refractivity contribution is 9.10. The van der Waals surface area contributed by atoms with Crippen molar-refractivity contribution in [3.63, 3.8) is 0 Å². The van der Waals surface area contributed by atoms with Crippen molar-refractivity contribution in [2.24, 2.45) is 5.10 Å². The number of rotatable bonds is 4. The number of aromatic nitrogens is 2. The average molecular weight is 323 g/mol. The smallest absolute Gasteiger partial charge is 0.264 e. The van der Waals surface area contributed by atoms with E-state index in [0.717, 1.165) is 10.0 Å². The molecule has 2 aromatic rings. The second-order valence-electron chi connectivity index (χ2n) is 3.81. The first-order valence-corrected chi connectivity index (χ1v) is 6.27. The Morgan fingerprint density at radius 2 is 2.21 bits per heavy atom. The van der Waals surface area contributed by atoms with Crippen molar-refractivity contribution in [2.75, 3.05) is 0 Å². The van der Waals surface area contributed by atoms with E-state index in [1.807, 2.05) is 24.3 Å². The van der Waals surface area contributed by atoms with E-state index in [-0.39, 0.29) is 17.9 Å². The lowest BCUT2D eigenvalue weighted by Crippen LogP contribution is -2.20. The monoisotopic (exact) mass is 322 g/mol. The number of nitrogens with zero attached hydrogens (tertiary/aromatic N) is 1. The zero-order valence-electron chi connectivity index (χ0n) is 9.81. The summed E-state index contributed by atoms with van der Waals surface area (Å²) in [5.41, 5.74) is 3.50. The van der Waals surface area contributed by atoms with Gasteiger partial charge in [-0.25, -0.2) is 5.43 Å². The lowest BCUT2D eigenvalue weighted by atomic mass is 10.2. The fourth-order valence-electron chi connectivity index (χ4n) is 1.45. The number of carbonyl (C=O) groups is 1. The summed E-state index contributed by atoms with van der Waals surface area (Å²) < 4.78 is 0.938. The molecule has 0 unspecified atom stereocenters. The third-order valence-electron chi connectivity index (χ3n) is 2.25. The maximum Gasteiger partial charge on any atom is 0.264 e. The van der Waals surface area contributed by atoms with E-state index in [2.05, 4.69) is 36.7 Å². The molecule has 0 aliphatic rings. The van der Waals surface area contributed by atoms with Gasteiger partial charge in [0.15, 0.2) is 0 Å². The molecule has 0 atom stereocenters. The van der Waals surface area contributed by atoms with Crippen LogP contribution in [-0.4, -0.2) is 22.3 Å². The Hall–Kier alpha value is -2.15. The predicted octanol–water partition coefficient (Wildman–Crippen LogP) is 1.16.